The number of hydrogen-bond acceptors (Lipinski definition) is 6. The summed E-state index contributed by atoms with van der Waals surface area (Å²) in [7, 11) is 2.98. The minimum absolute atomic E-state index is 0.155. The molecule has 0 atom stereocenters. The molecule has 148 valence electrons. The third-order valence-electron chi connectivity index (χ3n) is 4.03. The fraction of sp³-hybridized carbons (Fsp3) is 0.143. The molecule has 29 heavy (non-hydrogen) atoms. The summed E-state index contributed by atoms with van der Waals surface area (Å²) >= 11 is 0. The van der Waals surface area contributed by atoms with Gasteiger partial charge in [-0.15, -0.1) is 0 Å². The first-order chi connectivity index (χ1) is 14.0. The zero-order valence-corrected chi connectivity index (χ0v) is 16.0. The Morgan fingerprint density at radius 3 is 2.28 bits per heavy atom. The Kier molecular flexibility index (Phi) is 6.49. The number of hydrogen-bond donors (Lipinski definition) is 1. The number of hydroxylamine groups is 2. The molecule has 1 aromatic heterocycles. The first kappa shape index (κ1) is 20.0. The number of aromatic nitrogens is 2. The lowest BCUT2D eigenvalue weighted by Gasteiger charge is -2.13. The molecule has 0 saturated heterocycles. The molecule has 3 rings (SSSR count). The van der Waals surface area contributed by atoms with E-state index in [0.717, 1.165) is 5.56 Å². The fourth-order valence-electron chi connectivity index (χ4n) is 2.38. The second-order valence-corrected chi connectivity index (χ2v) is 6.07. The minimum Gasteiger partial charge on any atom is -0.424 e. The Hall–Kier alpha value is -3.78. The van der Waals surface area contributed by atoms with Gasteiger partial charge in [0.1, 0.15) is 5.75 Å². The van der Waals surface area contributed by atoms with Crippen molar-refractivity contribution in [3.63, 3.8) is 0 Å². The molecule has 0 aliphatic rings. The molecular formula is C21H20N4O4. The van der Waals surface area contributed by atoms with E-state index in [-0.39, 0.29) is 24.2 Å². The molecule has 0 spiro atoms. The van der Waals surface area contributed by atoms with Gasteiger partial charge in [0.2, 0.25) is 5.91 Å². The van der Waals surface area contributed by atoms with Crippen LogP contribution in [-0.2, 0) is 16.1 Å². The van der Waals surface area contributed by atoms with E-state index in [0.29, 0.717) is 17.0 Å². The number of carbonyl (C=O) groups excluding carboxylic acids is 2. The Labute approximate surface area is 168 Å². The second kappa shape index (κ2) is 9.43. The van der Waals surface area contributed by atoms with Crippen LogP contribution in [0, 0.1) is 0 Å². The van der Waals surface area contributed by atoms with Crippen molar-refractivity contribution in [2.45, 2.75) is 6.42 Å². The summed E-state index contributed by atoms with van der Waals surface area (Å²) in [5, 5.41) is 3.93. The monoisotopic (exact) mass is 392 g/mol. The first-order valence-corrected chi connectivity index (χ1v) is 8.81. The van der Waals surface area contributed by atoms with E-state index in [1.165, 1.54) is 24.6 Å². The van der Waals surface area contributed by atoms with Crippen LogP contribution in [0.15, 0.2) is 67.0 Å². The van der Waals surface area contributed by atoms with Crippen LogP contribution in [0.3, 0.4) is 0 Å². The molecule has 0 bridgehead atoms. The SMILES string of the molecule is CON(C)C(=O)Cc1ccc(NC(=O)c2cnc(Oc3ccccc3)nc2)cc1. The van der Waals surface area contributed by atoms with Gasteiger partial charge in [0.15, 0.2) is 0 Å². The molecule has 0 fully saturated rings. The fourth-order valence-corrected chi connectivity index (χ4v) is 2.38. The highest BCUT2D eigenvalue weighted by atomic mass is 16.7. The van der Waals surface area contributed by atoms with Crippen LogP contribution in [-0.4, -0.2) is 41.0 Å². The molecule has 8 heteroatoms. The van der Waals surface area contributed by atoms with Gasteiger partial charge in [-0.25, -0.2) is 15.0 Å². The maximum Gasteiger partial charge on any atom is 0.321 e. The van der Waals surface area contributed by atoms with Crippen molar-refractivity contribution >= 4 is 17.5 Å². The number of nitrogens with zero attached hydrogens (tertiary/aromatic N) is 3. The van der Waals surface area contributed by atoms with Crippen LogP contribution in [0.5, 0.6) is 11.8 Å². The molecule has 0 aliphatic carbocycles. The molecule has 8 nitrogen and oxygen atoms in total. The minimum atomic E-state index is -0.348. The molecular weight excluding hydrogens is 372 g/mol. The van der Waals surface area contributed by atoms with Crippen LogP contribution in [0.1, 0.15) is 15.9 Å². The first-order valence-electron chi connectivity index (χ1n) is 8.81. The number of nitrogens with one attached hydrogen (secondary N) is 1. The van der Waals surface area contributed by atoms with Crippen molar-refractivity contribution in [2.75, 3.05) is 19.5 Å². The summed E-state index contributed by atoms with van der Waals surface area (Å²) in [6, 6.07) is 16.3. The topological polar surface area (TPSA) is 93.7 Å². The number of likely N-dealkylation sites (N-methyl/N-ethyl adjacent to an activating group) is 1. The van der Waals surface area contributed by atoms with Gasteiger partial charge in [-0.05, 0) is 29.8 Å². The Morgan fingerprint density at radius 2 is 1.66 bits per heavy atom. The van der Waals surface area contributed by atoms with Gasteiger partial charge in [0.05, 0.1) is 19.1 Å². The lowest BCUT2D eigenvalue weighted by molar-refractivity contribution is -0.167. The van der Waals surface area contributed by atoms with Crippen molar-refractivity contribution in [3.05, 3.63) is 78.1 Å². The summed E-state index contributed by atoms with van der Waals surface area (Å²) in [4.78, 5) is 37.2. The van der Waals surface area contributed by atoms with Crippen LogP contribution >= 0.6 is 0 Å². The number of para-hydroxylation sites is 1. The van der Waals surface area contributed by atoms with E-state index >= 15 is 0 Å². The quantitative estimate of drug-likeness (QED) is 0.621. The summed E-state index contributed by atoms with van der Waals surface area (Å²) in [5.74, 6) is 0.0958. The number of carbonyl (C=O) groups is 2. The zero-order valence-electron chi connectivity index (χ0n) is 16.0. The summed E-state index contributed by atoms with van der Waals surface area (Å²) in [6.45, 7) is 0. The number of amides is 2. The molecule has 0 unspecified atom stereocenters. The molecule has 3 aromatic rings. The van der Waals surface area contributed by atoms with Crippen LogP contribution in [0.25, 0.3) is 0 Å². The molecule has 2 amide bonds. The van der Waals surface area contributed by atoms with E-state index in [4.69, 9.17) is 9.57 Å². The van der Waals surface area contributed by atoms with E-state index in [2.05, 4.69) is 15.3 Å². The van der Waals surface area contributed by atoms with Gasteiger partial charge in [0.25, 0.3) is 5.91 Å². The van der Waals surface area contributed by atoms with Crippen molar-refractivity contribution in [2.24, 2.45) is 0 Å². The average molecular weight is 392 g/mol. The van der Waals surface area contributed by atoms with E-state index in [9.17, 15) is 9.59 Å². The standard InChI is InChI=1S/C21H20N4O4/c1-25(28-2)19(26)12-15-8-10-17(11-9-15)24-20(27)16-13-22-21(23-14-16)29-18-6-4-3-5-7-18/h3-11,13-14H,12H2,1-2H3,(H,24,27). The summed E-state index contributed by atoms with van der Waals surface area (Å²) in [6.07, 6.45) is 3.00. The predicted molar refractivity (Wildman–Crippen MR) is 106 cm³/mol. The predicted octanol–water partition coefficient (Wildman–Crippen LogP) is 3.08. The molecule has 1 N–H and O–H groups in total. The van der Waals surface area contributed by atoms with Crippen LogP contribution in [0.4, 0.5) is 5.69 Å². The van der Waals surface area contributed by atoms with Crippen molar-refractivity contribution in [3.8, 4) is 11.8 Å². The van der Waals surface area contributed by atoms with Crippen molar-refractivity contribution in [1.82, 2.24) is 15.0 Å². The summed E-state index contributed by atoms with van der Waals surface area (Å²) < 4.78 is 5.51. The molecule has 0 radical (unpaired) electrons. The highest BCUT2D eigenvalue weighted by Gasteiger charge is 2.11. The second-order valence-electron chi connectivity index (χ2n) is 6.07. The smallest absolute Gasteiger partial charge is 0.321 e. The number of anilines is 1. The summed E-state index contributed by atoms with van der Waals surface area (Å²) in [5.41, 5.74) is 1.70. The van der Waals surface area contributed by atoms with E-state index in [1.54, 1.807) is 43.4 Å². The van der Waals surface area contributed by atoms with Gasteiger partial charge < -0.3 is 10.1 Å². The van der Waals surface area contributed by atoms with Crippen molar-refractivity contribution in [1.29, 1.82) is 0 Å². The molecule has 0 saturated carbocycles. The molecule has 2 aromatic carbocycles. The van der Waals surface area contributed by atoms with Crippen LogP contribution < -0.4 is 10.1 Å². The van der Waals surface area contributed by atoms with Crippen LogP contribution in [0.2, 0.25) is 0 Å². The van der Waals surface area contributed by atoms with E-state index in [1.807, 2.05) is 18.2 Å². The third kappa shape index (κ3) is 5.60. The lowest BCUT2D eigenvalue weighted by atomic mass is 10.1. The number of benzene rings is 2. The zero-order chi connectivity index (χ0) is 20.6. The largest absolute Gasteiger partial charge is 0.424 e. The van der Waals surface area contributed by atoms with Crippen molar-refractivity contribution < 1.29 is 19.2 Å². The maximum atomic E-state index is 12.4. The van der Waals surface area contributed by atoms with E-state index < -0.39 is 0 Å². The number of ether oxygens (including phenoxy) is 1. The maximum absolute atomic E-state index is 12.4. The highest BCUT2D eigenvalue weighted by molar-refractivity contribution is 6.03. The van der Waals surface area contributed by atoms with Gasteiger partial charge >= 0.3 is 6.01 Å². The Morgan fingerprint density at radius 1 is 1.00 bits per heavy atom. The van der Waals surface area contributed by atoms with Gasteiger partial charge in [-0.3, -0.25) is 14.4 Å². The molecule has 1 heterocycles. The Bertz CT molecular complexity index is 960. The van der Waals surface area contributed by atoms with Gasteiger partial charge in [-0.2, -0.15) is 0 Å². The lowest BCUT2D eigenvalue weighted by Crippen LogP contribution is -2.26. The number of rotatable bonds is 7. The normalized spacial score (nSPS) is 10.3. The average Bonchev–Trinajstić information content (AvgIpc) is 2.75. The van der Waals surface area contributed by atoms with Gasteiger partial charge in [-0.1, -0.05) is 30.3 Å². The molecule has 0 aliphatic heterocycles. The van der Waals surface area contributed by atoms with Gasteiger partial charge in [0, 0.05) is 25.1 Å². The Balaban J connectivity index is 1.57. The third-order valence-corrected chi connectivity index (χ3v) is 4.03. The highest BCUT2D eigenvalue weighted by Crippen LogP contribution is 2.17.